The van der Waals surface area contributed by atoms with Crippen molar-refractivity contribution in [2.45, 2.75) is 24.4 Å². The zero-order valence-electron chi connectivity index (χ0n) is 17.6. The van der Waals surface area contributed by atoms with Crippen LogP contribution in [0.2, 0.25) is 0 Å². The molecule has 0 amide bonds. The lowest BCUT2D eigenvalue weighted by Gasteiger charge is -2.07. The van der Waals surface area contributed by atoms with E-state index in [0.29, 0.717) is 27.6 Å². The molecule has 33 heavy (non-hydrogen) atoms. The Morgan fingerprint density at radius 3 is 2.55 bits per heavy atom. The first-order valence-corrected chi connectivity index (χ1v) is 11.0. The van der Waals surface area contributed by atoms with Crippen molar-refractivity contribution in [2.24, 2.45) is 7.05 Å². The van der Waals surface area contributed by atoms with Crippen LogP contribution in [0.3, 0.4) is 0 Å². The molecular formula is C21H18F2N8OS. The van der Waals surface area contributed by atoms with E-state index in [2.05, 4.69) is 20.5 Å². The third-order valence-electron chi connectivity index (χ3n) is 5.37. The van der Waals surface area contributed by atoms with E-state index in [-0.39, 0.29) is 22.8 Å². The second-order valence-corrected chi connectivity index (χ2v) is 8.18. The first kappa shape index (κ1) is 21.1. The number of halogens is 2. The third-order valence-corrected chi connectivity index (χ3v) is 6.29. The molecule has 0 aliphatic heterocycles. The maximum absolute atomic E-state index is 13.7. The normalized spacial score (nSPS) is 11.7. The molecular weight excluding hydrogens is 450 g/mol. The Balaban J connectivity index is 1.52. The van der Waals surface area contributed by atoms with Crippen molar-refractivity contribution in [3.05, 3.63) is 76.5 Å². The second-order valence-electron chi connectivity index (χ2n) is 7.24. The van der Waals surface area contributed by atoms with Gasteiger partial charge in [-0.05, 0) is 41.6 Å². The van der Waals surface area contributed by atoms with Gasteiger partial charge in [0.1, 0.15) is 5.82 Å². The van der Waals surface area contributed by atoms with Gasteiger partial charge in [0, 0.05) is 7.05 Å². The van der Waals surface area contributed by atoms with Crippen LogP contribution in [0.5, 0.6) is 0 Å². The van der Waals surface area contributed by atoms with Gasteiger partial charge in [-0.3, -0.25) is 14.0 Å². The summed E-state index contributed by atoms with van der Waals surface area (Å²) in [7, 11) is 1.77. The van der Waals surface area contributed by atoms with Crippen LogP contribution in [0, 0.1) is 6.92 Å². The molecule has 0 bridgehead atoms. The Hall–Kier alpha value is -3.80. The number of fused-ring (bicyclic) bond motifs is 1. The topological polar surface area (TPSA) is 88.4 Å². The van der Waals surface area contributed by atoms with Crippen LogP contribution in [-0.4, -0.2) is 39.1 Å². The van der Waals surface area contributed by atoms with Crippen LogP contribution in [0.4, 0.5) is 8.78 Å². The summed E-state index contributed by atoms with van der Waals surface area (Å²) in [6.07, 6.45) is 0. The summed E-state index contributed by atoms with van der Waals surface area (Å²) < 4.78 is 33.0. The molecule has 0 spiro atoms. The molecule has 0 atom stereocenters. The zero-order valence-corrected chi connectivity index (χ0v) is 18.4. The van der Waals surface area contributed by atoms with E-state index >= 15 is 0 Å². The molecule has 5 aromatic rings. The largest absolute Gasteiger partial charge is 0.320 e. The van der Waals surface area contributed by atoms with Gasteiger partial charge in [-0.2, -0.15) is 13.5 Å². The van der Waals surface area contributed by atoms with Crippen LogP contribution in [0.25, 0.3) is 22.4 Å². The molecule has 0 aliphatic rings. The Bertz CT molecular complexity index is 1500. The summed E-state index contributed by atoms with van der Waals surface area (Å²) in [6, 6.07) is 15.9. The molecule has 2 aromatic carbocycles. The first-order valence-electron chi connectivity index (χ1n) is 9.97. The van der Waals surface area contributed by atoms with E-state index in [1.807, 2.05) is 30.3 Å². The highest BCUT2D eigenvalue weighted by molar-refractivity contribution is 7.98. The van der Waals surface area contributed by atoms with Gasteiger partial charge in [0.25, 0.3) is 5.56 Å². The maximum atomic E-state index is 13.7. The van der Waals surface area contributed by atoms with E-state index in [1.165, 1.54) is 9.36 Å². The Morgan fingerprint density at radius 1 is 1.06 bits per heavy atom. The number of hydrogen-bond donors (Lipinski definition) is 0. The number of imidazole rings is 1. The van der Waals surface area contributed by atoms with E-state index in [0.717, 1.165) is 16.3 Å². The molecule has 5 rings (SSSR count). The van der Waals surface area contributed by atoms with Crippen LogP contribution < -0.4 is 5.56 Å². The van der Waals surface area contributed by atoms with Crippen molar-refractivity contribution < 1.29 is 8.78 Å². The molecule has 0 N–H and O–H groups in total. The minimum absolute atomic E-state index is 0.0954. The number of alkyl halides is 2. The summed E-state index contributed by atoms with van der Waals surface area (Å²) in [5, 5.41) is 12.0. The summed E-state index contributed by atoms with van der Waals surface area (Å²) in [5.41, 5.74) is 2.18. The molecule has 0 saturated carbocycles. The molecule has 12 heteroatoms. The van der Waals surface area contributed by atoms with Gasteiger partial charge in [-0.15, -0.1) is 5.10 Å². The summed E-state index contributed by atoms with van der Waals surface area (Å²) in [5.74, 6) is 0.287. The molecule has 0 aliphatic carbocycles. The van der Waals surface area contributed by atoms with Crippen molar-refractivity contribution >= 4 is 22.8 Å². The number of aromatic nitrogens is 8. The molecule has 0 fully saturated rings. The van der Waals surface area contributed by atoms with Gasteiger partial charge in [0.2, 0.25) is 5.16 Å². The SMILES string of the molecule is Cc1c(-n2nnnc2SCc2nc3ccccc3n2C(F)F)c(=O)n(-c2ccccc2)n1C. The van der Waals surface area contributed by atoms with Crippen molar-refractivity contribution in [3.63, 3.8) is 0 Å². The molecule has 3 aromatic heterocycles. The van der Waals surface area contributed by atoms with E-state index in [9.17, 15) is 13.6 Å². The maximum Gasteiger partial charge on any atom is 0.320 e. The predicted octanol–water partition coefficient (Wildman–Crippen LogP) is 3.50. The average Bonchev–Trinajstić information content (AvgIpc) is 3.47. The minimum atomic E-state index is -2.74. The third kappa shape index (κ3) is 3.52. The van der Waals surface area contributed by atoms with Crippen molar-refractivity contribution in [1.29, 1.82) is 0 Å². The van der Waals surface area contributed by atoms with Crippen LogP contribution in [-0.2, 0) is 12.8 Å². The van der Waals surface area contributed by atoms with Gasteiger partial charge in [0.05, 0.1) is 28.2 Å². The first-order chi connectivity index (χ1) is 16.0. The highest BCUT2D eigenvalue weighted by atomic mass is 32.2. The molecule has 3 heterocycles. The monoisotopic (exact) mass is 468 g/mol. The van der Waals surface area contributed by atoms with Crippen molar-refractivity contribution in [1.82, 2.24) is 39.1 Å². The number of benzene rings is 2. The average molecular weight is 468 g/mol. The highest BCUT2D eigenvalue weighted by Crippen LogP contribution is 2.28. The van der Waals surface area contributed by atoms with E-state index < -0.39 is 6.55 Å². The Morgan fingerprint density at radius 2 is 1.79 bits per heavy atom. The Labute approximate surface area is 190 Å². The molecule has 168 valence electrons. The fourth-order valence-electron chi connectivity index (χ4n) is 3.75. The van der Waals surface area contributed by atoms with Gasteiger partial charge in [0.15, 0.2) is 5.69 Å². The van der Waals surface area contributed by atoms with Gasteiger partial charge in [-0.1, -0.05) is 42.1 Å². The predicted molar refractivity (Wildman–Crippen MR) is 119 cm³/mol. The summed E-state index contributed by atoms with van der Waals surface area (Å²) in [6.45, 7) is -0.943. The van der Waals surface area contributed by atoms with Crippen LogP contribution >= 0.6 is 11.8 Å². The molecule has 0 unspecified atom stereocenters. The smallest absolute Gasteiger partial charge is 0.283 e. The summed E-state index contributed by atoms with van der Waals surface area (Å²) >= 11 is 1.13. The van der Waals surface area contributed by atoms with Crippen molar-refractivity contribution in [3.8, 4) is 11.4 Å². The van der Waals surface area contributed by atoms with Crippen LogP contribution in [0.15, 0.2) is 64.5 Å². The zero-order chi connectivity index (χ0) is 23.1. The lowest BCUT2D eigenvalue weighted by Crippen LogP contribution is -2.22. The van der Waals surface area contributed by atoms with Gasteiger partial charge in [-0.25, -0.2) is 9.67 Å². The molecule has 9 nitrogen and oxygen atoms in total. The molecule has 0 radical (unpaired) electrons. The number of nitrogens with zero attached hydrogens (tertiary/aromatic N) is 8. The lowest BCUT2D eigenvalue weighted by atomic mass is 10.3. The van der Waals surface area contributed by atoms with Crippen LogP contribution in [0.1, 0.15) is 18.1 Å². The van der Waals surface area contributed by atoms with Gasteiger partial charge >= 0.3 is 6.55 Å². The number of rotatable bonds is 6. The number of tetrazole rings is 1. The fraction of sp³-hybridized carbons (Fsp3) is 0.190. The number of para-hydroxylation sites is 3. The quantitative estimate of drug-likeness (QED) is 0.355. The minimum Gasteiger partial charge on any atom is -0.283 e. The highest BCUT2D eigenvalue weighted by Gasteiger charge is 2.23. The standard InChI is InChI=1S/C21H18F2N8OS/c1-13-18(19(32)31(28(13)2)14-8-4-3-5-9-14)30-21(25-26-27-30)33-12-17-24-15-10-6-7-11-16(15)29(17)20(22)23/h3-11,20H,12H2,1-2H3. The molecule has 0 saturated heterocycles. The second kappa shape index (κ2) is 8.28. The van der Waals surface area contributed by atoms with E-state index in [1.54, 1.807) is 42.9 Å². The lowest BCUT2D eigenvalue weighted by molar-refractivity contribution is 0.0722. The van der Waals surface area contributed by atoms with Gasteiger partial charge < -0.3 is 0 Å². The van der Waals surface area contributed by atoms with E-state index in [4.69, 9.17) is 0 Å². The fourth-order valence-corrected chi connectivity index (χ4v) is 4.56. The summed E-state index contributed by atoms with van der Waals surface area (Å²) in [4.78, 5) is 17.6. The Kier molecular flexibility index (Phi) is 5.29. The van der Waals surface area contributed by atoms with Crippen molar-refractivity contribution in [2.75, 3.05) is 0 Å². The number of hydrogen-bond acceptors (Lipinski definition) is 6. The number of thioether (sulfide) groups is 1.